The summed E-state index contributed by atoms with van der Waals surface area (Å²) in [6.07, 6.45) is 4.84. The van der Waals surface area contributed by atoms with Gasteiger partial charge < -0.3 is 10.6 Å². The van der Waals surface area contributed by atoms with Gasteiger partial charge >= 0.3 is 0 Å². The van der Waals surface area contributed by atoms with E-state index in [2.05, 4.69) is 22.5 Å². The fourth-order valence-corrected chi connectivity index (χ4v) is 3.50. The van der Waals surface area contributed by atoms with E-state index in [0.717, 1.165) is 49.4 Å². The fourth-order valence-electron chi connectivity index (χ4n) is 2.72. The molecule has 0 aliphatic carbocycles. The van der Waals surface area contributed by atoms with Crippen molar-refractivity contribution in [3.63, 3.8) is 0 Å². The molecule has 4 nitrogen and oxygen atoms in total. The molecule has 106 valence electrons. The number of aryl methyl sites for hydroxylation is 1. The Balaban J connectivity index is 1.82. The van der Waals surface area contributed by atoms with Gasteiger partial charge in [-0.1, -0.05) is 13.3 Å². The van der Waals surface area contributed by atoms with Gasteiger partial charge in [-0.3, -0.25) is 4.79 Å². The Morgan fingerprint density at radius 2 is 2.47 bits per heavy atom. The highest BCUT2D eigenvalue weighted by Gasteiger charge is 2.39. The van der Waals surface area contributed by atoms with Gasteiger partial charge in [0.05, 0.1) is 10.5 Å². The SMILES string of the molecule is CCCC1(C(=O)NCCc2nc(C)cs2)CCCN1. The van der Waals surface area contributed by atoms with E-state index >= 15 is 0 Å². The Hall–Kier alpha value is -0.940. The molecule has 0 saturated carbocycles. The van der Waals surface area contributed by atoms with Crippen molar-refractivity contribution in [3.8, 4) is 0 Å². The Bertz CT molecular complexity index is 424. The first-order chi connectivity index (χ1) is 9.16. The molecule has 2 N–H and O–H groups in total. The number of thiazole rings is 1. The van der Waals surface area contributed by atoms with Crippen molar-refractivity contribution < 1.29 is 4.79 Å². The maximum absolute atomic E-state index is 12.4. The normalized spacial score (nSPS) is 22.6. The van der Waals surface area contributed by atoms with Crippen LogP contribution in [0, 0.1) is 6.92 Å². The molecule has 1 aliphatic rings. The lowest BCUT2D eigenvalue weighted by atomic mass is 9.91. The maximum Gasteiger partial charge on any atom is 0.240 e. The quantitative estimate of drug-likeness (QED) is 0.839. The summed E-state index contributed by atoms with van der Waals surface area (Å²) in [5, 5.41) is 9.62. The molecule has 1 amide bonds. The number of amides is 1. The number of hydrogen-bond donors (Lipinski definition) is 2. The Kier molecular flexibility index (Phi) is 4.93. The number of aromatic nitrogens is 1. The number of nitrogens with zero attached hydrogens (tertiary/aromatic N) is 1. The van der Waals surface area contributed by atoms with E-state index in [1.165, 1.54) is 0 Å². The lowest BCUT2D eigenvalue weighted by Crippen LogP contribution is -2.53. The van der Waals surface area contributed by atoms with Crippen LogP contribution in [0.15, 0.2) is 5.38 Å². The second-order valence-corrected chi connectivity index (χ2v) is 6.19. The first kappa shape index (κ1) is 14.5. The topological polar surface area (TPSA) is 54.0 Å². The summed E-state index contributed by atoms with van der Waals surface area (Å²) in [6, 6.07) is 0. The molecule has 0 spiro atoms. The monoisotopic (exact) mass is 281 g/mol. The predicted octanol–water partition coefficient (Wildman–Crippen LogP) is 2.03. The van der Waals surface area contributed by atoms with Gasteiger partial charge in [-0.05, 0) is 32.7 Å². The van der Waals surface area contributed by atoms with Gasteiger partial charge in [-0.2, -0.15) is 0 Å². The molecule has 1 saturated heterocycles. The molecule has 0 bridgehead atoms. The summed E-state index contributed by atoms with van der Waals surface area (Å²) in [6.45, 7) is 5.77. The second-order valence-electron chi connectivity index (χ2n) is 5.25. The molecule has 0 radical (unpaired) electrons. The Morgan fingerprint density at radius 1 is 1.63 bits per heavy atom. The van der Waals surface area contributed by atoms with Crippen molar-refractivity contribution in [2.45, 2.75) is 51.5 Å². The Morgan fingerprint density at radius 3 is 3.05 bits per heavy atom. The molecule has 5 heteroatoms. The number of nitrogens with one attached hydrogen (secondary N) is 2. The summed E-state index contributed by atoms with van der Waals surface area (Å²) in [7, 11) is 0. The lowest BCUT2D eigenvalue weighted by Gasteiger charge is -2.27. The van der Waals surface area contributed by atoms with Crippen molar-refractivity contribution in [1.29, 1.82) is 0 Å². The smallest absolute Gasteiger partial charge is 0.240 e. The lowest BCUT2D eigenvalue weighted by molar-refractivity contribution is -0.127. The van der Waals surface area contributed by atoms with Gasteiger partial charge in [0.2, 0.25) is 5.91 Å². The molecule has 1 unspecified atom stereocenters. The van der Waals surface area contributed by atoms with Crippen LogP contribution < -0.4 is 10.6 Å². The van der Waals surface area contributed by atoms with Crippen molar-refractivity contribution >= 4 is 17.2 Å². The molecule has 1 aromatic heterocycles. The molecule has 1 fully saturated rings. The standard InChI is InChI=1S/C14H23N3OS/c1-3-6-14(7-4-8-16-14)13(18)15-9-5-12-17-11(2)10-19-12/h10,16H,3-9H2,1-2H3,(H,15,18). The molecule has 1 atom stereocenters. The molecule has 19 heavy (non-hydrogen) atoms. The molecular weight excluding hydrogens is 258 g/mol. The highest BCUT2D eigenvalue weighted by atomic mass is 32.1. The summed E-state index contributed by atoms with van der Waals surface area (Å²) in [5.74, 6) is 0.167. The van der Waals surface area contributed by atoms with E-state index in [-0.39, 0.29) is 11.4 Å². The zero-order chi connectivity index (χ0) is 13.7. The van der Waals surface area contributed by atoms with Crippen molar-refractivity contribution in [1.82, 2.24) is 15.6 Å². The third-order valence-electron chi connectivity index (χ3n) is 3.65. The van der Waals surface area contributed by atoms with Crippen molar-refractivity contribution in [3.05, 3.63) is 16.1 Å². The van der Waals surface area contributed by atoms with E-state index in [9.17, 15) is 4.79 Å². The van der Waals surface area contributed by atoms with Gasteiger partial charge in [0.25, 0.3) is 0 Å². The average molecular weight is 281 g/mol. The summed E-state index contributed by atoms with van der Waals surface area (Å²) >= 11 is 1.66. The minimum absolute atomic E-state index is 0.167. The minimum Gasteiger partial charge on any atom is -0.354 e. The van der Waals surface area contributed by atoms with E-state index in [4.69, 9.17) is 0 Å². The highest BCUT2D eigenvalue weighted by Crippen LogP contribution is 2.24. The number of carbonyl (C=O) groups is 1. The van der Waals surface area contributed by atoms with Gasteiger partial charge in [0.1, 0.15) is 0 Å². The minimum atomic E-state index is -0.312. The molecule has 2 rings (SSSR count). The zero-order valence-corrected chi connectivity index (χ0v) is 12.6. The third kappa shape index (κ3) is 3.54. The second kappa shape index (κ2) is 6.48. The summed E-state index contributed by atoms with van der Waals surface area (Å²) in [5.41, 5.74) is 0.749. The largest absolute Gasteiger partial charge is 0.354 e. The van der Waals surface area contributed by atoms with Crippen LogP contribution in [0.2, 0.25) is 0 Å². The first-order valence-electron chi connectivity index (χ1n) is 7.10. The van der Waals surface area contributed by atoms with Crippen LogP contribution in [0.3, 0.4) is 0 Å². The summed E-state index contributed by atoms with van der Waals surface area (Å²) < 4.78 is 0. The number of rotatable bonds is 6. The molecule has 0 aromatic carbocycles. The third-order valence-corrected chi connectivity index (χ3v) is 4.67. The van der Waals surface area contributed by atoms with Gasteiger partial charge in [-0.15, -0.1) is 11.3 Å². The molecule has 2 heterocycles. The van der Waals surface area contributed by atoms with E-state index < -0.39 is 0 Å². The fraction of sp³-hybridized carbons (Fsp3) is 0.714. The van der Waals surface area contributed by atoms with E-state index in [1.54, 1.807) is 11.3 Å². The van der Waals surface area contributed by atoms with Crippen LogP contribution in [0.4, 0.5) is 0 Å². The van der Waals surface area contributed by atoms with Crippen LogP contribution in [-0.2, 0) is 11.2 Å². The van der Waals surface area contributed by atoms with Crippen LogP contribution >= 0.6 is 11.3 Å². The van der Waals surface area contributed by atoms with Gasteiger partial charge in [0.15, 0.2) is 0 Å². The molecule has 1 aliphatic heterocycles. The van der Waals surface area contributed by atoms with Crippen LogP contribution in [0.25, 0.3) is 0 Å². The molecular formula is C14H23N3OS. The van der Waals surface area contributed by atoms with Crippen LogP contribution in [-0.4, -0.2) is 29.5 Å². The maximum atomic E-state index is 12.4. The van der Waals surface area contributed by atoms with E-state index in [0.29, 0.717) is 6.54 Å². The zero-order valence-electron chi connectivity index (χ0n) is 11.8. The predicted molar refractivity (Wildman–Crippen MR) is 78.4 cm³/mol. The molecule has 1 aromatic rings. The number of carbonyl (C=O) groups excluding carboxylic acids is 1. The highest BCUT2D eigenvalue weighted by molar-refractivity contribution is 7.09. The van der Waals surface area contributed by atoms with E-state index in [1.807, 2.05) is 12.3 Å². The van der Waals surface area contributed by atoms with Gasteiger partial charge in [-0.25, -0.2) is 4.98 Å². The first-order valence-corrected chi connectivity index (χ1v) is 7.98. The average Bonchev–Trinajstić information content (AvgIpc) is 3.00. The summed E-state index contributed by atoms with van der Waals surface area (Å²) in [4.78, 5) is 16.8. The van der Waals surface area contributed by atoms with Crippen LogP contribution in [0.1, 0.15) is 43.3 Å². The Labute approximate surface area is 119 Å². The van der Waals surface area contributed by atoms with Gasteiger partial charge in [0, 0.05) is 24.0 Å². The number of hydrogen-bond acceptors (Lipinski definition) is 4. The van der Waals surface area contributed by atoms with Crippen LogP contribution in [0.5, 0.6) is 0 Å². The van der Waals surface area contributed by atoms with Crippen molar-refractivity contribution in [2.75, 3.05) is 13.1 Å². The van der Waals surface area contributed by atoms with Crippen molar-refractivity contribution in [2.24, 2.45) is 0 Å².